The molecule has 5 N–H and O–H groups in total. The summed E-state index contributed by atoms with van der Waals surface area (Å²) in [6.07, 6.45) is 0.445. The molecule has 0 saturated heterocycles. The maximum Gasteiger partial charge on any atom is 0.326 e. The number of aromatic hydroxyl groups is 1. The summed E-state index contributed by atoms with van der Waals surface area (Å²) in [7, 11) is 0. The number of rotatable bonds is 7. The minimum atomic E-state index is -1.16. The van der Waals surface area contributed by atoms with Crippen LogP contribution in [0.5, 0.6) is 5.75 Å². The van der Waals surface area contributed by atoms with E-state index in [1.54, 1.807) is 60.7 Å². The van der Waals surface area contributed by atoms with Crippen LogP contribution in [0.25, 0.3) is 0 Å². The van der Waals surface area contributed by atoms with Gasteiger partial charge in [-0.3, -0.25) is 9.59 Å². The van der Waals surface area contributed by atoms with E-state index in [1.165, 1.54) is 0 Å². The molecule has 2 amide bonds. The van der Waals surface area contributed by atoms with Crippen LogP contribution in [-0.2, 0) is 29.0 Å². The highest BCUT2D eigenvalue weighted by molar-refractivity contribution is 6.40. The summed E-state index contributed by atoms with van der Waals surface area (Å²) in [6.45, 7) is 0.395. The summed E-state index contributed by atoms with van der Waals surface area (Å²) in [4.78, 5) is 37.2. The van der Waals surface area contributed by atoms with Gasteiger partial charge in [-0.05, 0) is 59.5 Å². The number of amides is 2. The number of halogens is 2. The molecule has 186 valence electrons. The fourth-order valence-electron chi connectivity index (χ4n) is 4.03. The van der Waals surface area contributed by atoms with Crippen LogP contribution in [0.3, 0.4) is 0 Å². The Balaban J connectivity index is 1.37. The molecular formula is C26H23Cl2N3O5. The molecule has 36 heavy (non-hydrogen) atoms. The molecule has 3 aromatic rings. The second kappa shape index (κ2) is 11.0. The van der Waals surface area contributed by atoms with Gasteiger partial charge in [-0.25, -0.2) is 4.79 Å². The number of carboxylic acid groups (broad SMARTS) is 1. The predicted molar refractivity (Wildman–Crippen MR) is 137 cm³/mol. The third kappa shape index (κ3) is 5.96. The number of fused-ring (bicyclic) bond motifs is 1. The normalized spacial score (nSPS) is 15.4. The molecule has 8 nitrogen and oxygen atoms in total. The Hall–Kier alpha value is -3.59. The Morgan fingerprint density at radius 1 is 1.00 bits per heavy atom. The molecule has 0 bridgehead atoms. The Kier molecular flexibility index (Phi) is 7.79. The van der Waals surface area contributed by atoms with E-state index in [1.807, 2.05) is 0 Å². The Morgan fingerprint density at radius 2 is 1.69 bits per heavy atom. The zero-order chi connectivity index (χ0) is 25.8. The quantitative estimate of drug-likeness (QED) is 0.318. The smallest absolute Gasteiger partial charge is 0.326 e. The molecule has 1 aliphatic rings. The monoisotopic (exact) mass is 527 g/mol. The molecule has 10 heteroatoms. The van der Waals surface area contributed by atoms with Gasteiger partial charge >= 0.3 is 5.97 Å². The number of phenolic OH excluding ortho intramolecular Hbond substituents is 1. The molecule has 0 saturated carbocycles. The SMILES string of the molecule is O=C(Nc1ccc(C[C@H](NC(=O)C2Cc3ccc(O)cc3CN2)C(=O)O)cc1)c1c(Cl)cccc1Cl. The van der Waals surface area contributed by atoms with Crippen LogP contribution >= 0.6 is 23.2 Å². The minimum absolute atomic E-state index is 0.0584. The lowest BCUT2D eigenvalue weighted by Gasteiger charge is -2.27. The number of anilines is 1. The average molecular weight is 528 g/mol. The number of hydrogen-bond donors (Lipinski definition) is 5. The minimum Gasteiger partial charge on any atom is -0.508 e. The van der Waals surface area contributed by atoms with Gasteiger partial charge in [0.25, 0.3) is 5.91 Å². The van der Waals surface area contributed by atoms with Gasteiger partial charge in [-0.15, -0.1) is 0 Å². The van der Waals surface area contributed by atoms with Crippen LogP contribution in [0.2, 0.25) is 10.0 Å². The second-order valence-corrected chi connectivity index (χ2v) is 9.26. The molecule has 0 aliphatic carbocycles. The number of benzene rings is 3. The Bertz CT molecular complexity index is 1290. The van der Waals surface area contributed by atoms with Gasteiger partial charge in [0.05, 0.1) is 21.7 Å². The molecule has 0 spiro atoms. The number of phenols is 1. The fraction of sp³-hybridized carbons (Fsp3) is 0.192. The lowest BCUT2D eigenvalue weighted by atomic mass is 9.95. The van der Waals surface area contributed by atoms with E-state index in [0.29, 0.717) is 24.2 Å². The standard InChI is InChI=1S/C26H23Cl2N3O5/c27-19-2-1-3-20(28)23(19)25(34)30-17-7-4-14(5-8-17)10-22(26(35)36)31-24(33)21-12-15-6-9-18(32)11-16(15)13-29-21/h1-9,11,21-22,29,32H,10,12-13H2,(H,30,34)(H,31,33)(H,35,36)/t21?,22-/m0/s1. The summed E-state index contributed by atoms with van der Waals surface area (Å²) >= 11 is 12.2. The van der Waals surface area contributed by atoms with Gasteiger partial charge in [0.15, 0.2) is 0 Å². The number of carboxylic acids is 1. The molecule has 1 heterocycles. The molecule has 1 unspecified atom stereocenters. The van der Waals surface area contributed by atoms with Gasteiger partial charge in [-0.2, -0.15) is 0 Å². The van der Waals surface area contributed by atoms with Crippen LogP contribution in [-0.4, -0.2) is 40.1 Å². The van der Waals surface area contributed by atoms with Crippen LogP contribution in [0, 0.1) is 0 Å². The highest BCUT2D eigenvalue weighted by Gasteiger charge is 2.28. The van der Waals surface area contributed by atoms with Crippen molar-refractivity contribution in [3.05, 3.63) is 93.0 Å². The number of carbonyl (C=O) groups is 3. The van der Waals surface area contributed by atoms with E-state index in [-0.39, 0.29) is 27.8 Å². The second-order valence-electron chi connectivity index (χ2n) is 8.44. The van der Waals surface area contributed by atoms with Gasteiger partial charge in [0.1, 0.15) is 11.8 Å². The van der Waals surface area contributed by atoms with E-state index >= 15 is 0 Å². The topological polar surface area (TPSA) is 128 Å². The Labute approximate surface area is 217 Å². The van der Waals surface area contributed by atoms with Crippen molar-refractivity contribution in [3.63, 3.8) is 0 Å². The maximum atomic E-state index is 12.8. The zero-order valence-electron chi connectivity index (χ0n) is 18.9. The van der Waals surface area contributed by atoms with Crippen molar-refractivity contribution in [1.29, 1.82) is 0 Å². The van der Waals surface area contributed by atoms with Crippen LogP contribution < -0.4 is 16.0 Å². The number of nitrogens with one attached hydrogen (secondary N) is 3. The highest BCUT2D eigenvalue weighted by atomic mass is 35.5. The zero-order valence-corrected chi connectivity index (χ0v) is 20.4. The summed E-state index contributed by atoms with van der Waals surface area (Å²) in [6, 6.07) is 14.6. The van der Waals surface area contributed by atoms with Crippen molar-refractivity contribution in [1.82, 2.24) is 10.6 Å². The van der Waals surface area contributed by atoms with Gasteiger partial charge < -0.3 is 26.2 Å². The molecule has 0 aromatic heterocycles. The van der Waals surface area contributed by atoms with Crippen molar-refractivity contribution in [2.45, 2.75) is 31.5 Å². The third-order valence-electron chi connectivity index (χ3n) is 5.93. The lowest BCUT2D eigenvalue weighted by Crippen LogP contribution is -2.52. The maximum absolute atomic E-state index is 12.8. The molecule has 0 fully saturated rings. The largest absolute Gasteiger partial charge is 0.508 e. The van der Waals surface area contributed by atoms with E-state index < -0.39 is 29.9 Å². The van der Waals surface area contributed by atoms with Crippen molar-refractivity contribution in [2.24, 2.45) is 0 Å². The number of hydrogen-bond acceptors (Lipinski definition) is 5. The first-order chi connectivity index (χ1) is 17.2. The first kappa shape index (κ1) is 25.5. The van der Waals surface area contributed by atoms with Crippen molar-refractivity contribution < 1.29 is 24.6 Å². The molecule has 1 aliphatic heterocycles. The Morgan fingerprint density at radius 3 is 2.36 bits per heavy atom. The average Bonchev–Trinajstić information content (AvgIpc) is 2.84. The summed E-state index contributed by atoms with van der Waals surface area (Å²) in [5.74, 6) is -1.88. The van der Waals surface area contributed by atoms with E-state index in [9.17, 15) is 24.6 Å². The first-order valence-corrected chi connectivity index (χ1v) is 11.9. The van der Waals surface area contributed by atoms with Gasteiger partial charge in [-0.1, -0.05) is 47.5 Å². The summed E-state index contributed by atoms with van der Waals surface area (Å²) < 4.78 is 0. The number of carbonyl (C=O) groups excluding carboxylic acids is 2. The molecule has 2 atom stereocenters. The van der Waals surface area contributed by atoms with Crippen molar-refractivity contribution >= 4 is 46.7 Å². The molecular weight excluding hydrogens is 505 g/mol. The third-order valence-corrected chi connectivity index (χ3v) is 6.56. The van der Waals surface area contributed by atoms with Crippen LogP contribution in [0.4, 0.5) is 5.69 Å². The highest BCUT2D eigenvalue weighted by Crippen LogP contribution is 2.25. The number of aliphatic carboxylic acids is 1. The molecule has 4 rings (SSSR count). The van der Waals surface area contributed by atoms with Gasteiger partial charge in [0.2, 0.25) is 5.91 Å². The van der Waals surface area contributed by atoms with Crippen molar-refractivity contribution in [3.8, 4) is 5.75 Å². The molecule has 0 radical (unpaired) electrons. The van der Waals surface area contributed by atoms with Crippen molar-refractivity contribution in [2.75, 3.05) is 5.32 Å². The summed E-state index contributed by atoms with van der Waals surface area (Å²) in [5, 5.41) is 28.1. The van der Waals surface area contributed by atoms with Crippen LogP contribution in [0.15, 0.2) is 60.7 Å². The fourth-order valence-corrected chi connectivity index (χ4v) is 4.60. The van der Waals surface area contributed by atoms with E-state index in [4.69, 9.17) is 23.2 Å². The van der Waals surface area contributed by atoms with E-state index in [2.05, 4.69) is 16.0 Å². The first-order valence-electron chi connectivity index (χ1n) is 11.1. The summed E-state index contributed by atoms with van der Waals surface area (Å²) in [5.41, 5.74) is 3.13. The van der Waals surface area contributed by atoms with E-state index in [0.717, 1.165) is 11.1 Å². The molecule has 3 aromatic carbocycles. The van der Waals surface area contributed by atoms with Gasteiger partial charge in [0, 0.05) is 18.7 Å². The predicted octanol–water partition coefficient (Wildman–Crippen LogP) is 3.78. The lowest BCUT2D eigenvalue weighted by molar-refractivity contribution is -0.142. The van der Waals surface area contributed by atoms with Crippen LogP contribution in [0.1, 0.15) is 27.0 Å².